The van der Waals surface area contributed by atoms with Crippen molar-refractivity contribution < 1.29 is 70.2 Å². The number of hydrogen-bond donors (Lipinski definition) is 0. The molecule has 1 unspecified atom stereocenters. The zero-order chi connectivity index (χ0) is 23.4. The third-order valence-electron chi connectivity index (χ3n) is 3.35. The first-order chi connectivity index (χ1) is 11.8. The van der Waals surface area contributed by atoms with Gasteiger partial charge in [-0.25, -0.2) is 9.29 Å². The van der Waals surface area contributed by atoms with Crippen molar-refractivity contribution in [3.8, 4) is 0 Å². The molecule has 1 nitrogen and oxygen atoms in total. The maximum absolute atomic E-state index is 13.3. The lowest BCUT2D eigenvalue weighted by Crippen LogP contribution is -2.73. The highest BCUT2D eigenvalue weighted by Crippen LogP contribution is 2.61. The molecule has 0 aromatic carbocycles. The van der Waals surface area contributed by atoms with E-state index in [-0.39, 0.29) is 26.5 Å². The van der Waals surface area contributed by atoms with Crippen LogP contribution in [-0.2, 0) is 0 Å². The molecule has 0 aromatic rings. The normalized spacial score (nSPS) is 16.7. The molecule has 0 aliphatic rings. The molecule has 0 saturated heterocycles. The van der Waals surface area contributed by atoms with Gasteiger partial charge in [0.2, 0.25) is 0 Å². The highest BCUT2D eigenvalue weighted by molar-refractivity contribution is 5.85. The summed E-state index contributed by atoms with van der Waals surface area (Å²) in [6.07, 6.45) is -14.9. The minimum Gasteiger partial charge on any atom is -0.245 e. The van der Waals surface area contributed by atoms with E-state index in [0.717, 1.165) is 0 Å². The van der Waals surface area contributed by atoms with Gasteiger partial charge in [-0.2, -0.15) is 65.9 Å². The van der Waals surface area contributed by atoms with E-state index in [1.165, 1.54) is 0 Å². The predicted molar refractivity (Wildman–Crippen MR) is 66.2 cm³/mol. The van der Waals surface area contributed by atoms with Gasteiger partial charge in [-0.3, -0.25) is 0 Å². The fourth-order valence-electron chi connectivity index (χ4n) is 1.60. The summed E-state index contributed by atoms with van der Waals surface area (Å²) in [6.45, 7) is 0. The highest BCUT2D eigenvalue weighted by Gasteiger charge is 2.91. The first kappa shape index (κ1) is 30.3. The van der Waals surface area contributed by atoms with Crippen molar-refractivity contribution in [2.24, 2.45) is 0 Å². The maximum Gasteiger partial charge on any atom is 0.392 e. The van der Waals surface area contributed by atoms with E-state index in [0.29, 0.717) is 0 Å². The van der Waals surface area contributed by atoms with Crippen molar-refractivity contribution >= 4 is 12.4 Å². The Morgan fingerprint density at radius 1 is 0.586 bits per heavy atom. The molecule has 0 heterocycles. The number of alkyl halides is 16. The third-order valence-corrected chi connectivity index (χ3v) is 3.35. The molecular formula is C11H10ClF16N. The highest BCUT2D eigenvalue weighted by atomic mass is 35.5. The number of rotatable bonds is 8. The molecule has 0 fully saturated rings. The van der Waals surface area contributed by atoms with Crippen LogP contribution in [0.25, 0.3) is 0 Å². The second-order valence-corrected chi connectivity index (χ2v) is 5.64. The Morgan fingerprint density at radius 2 is 0.897 bits per heavy atom. The van der Waals surface area contributed by atoms with E-state index in [2.05, 4.69) is 0 Å². The minimum atomic E-state index is -8.12. The smallest absolute Gasteiger partial charge is 0.245 e. The molecule has 0 aromatic heterocycles. The fraction of sp³-hybridized carbons (Fsp3) is 1.00. The summed E-state index contributed by atoms with van der Waals surface area (Å²) in [6, 6.07) is -6.33. The average molecular weight is 496 g/mol. The van der Waals surface area contributed by atoms with E-state index in [1.807, 2.05) is 0 Å². The summed E-state index contributed by atoms with van der Waals surface area (Å²) in [5, 5.41) is 0. The van der Waals surface area contributed by atoms with Crippen LogP contribution < -0.4 is 0 Å². The van der Waals surface area contributed by atoms with Crippen LogP contribution in [0.2, 0.25) is 0 Å². The van der Waals surface area contributed by atoms with Gasteiger partial charge in [0, 0.05) is 0 Å². The second-order valence-electron chi connectivity index (χ2n) is 5.64. The summed E-state index contributed by atoms with van der Waals surface area (Å²) < 4.78 is 207. The van der Waals surface area contributed by atoms with Crippen LogP contribution in [0.3, 0.4) is 0 Å². The van der Waals surface area contributed by atoms with Crippen molar-refractivity contribution in [1.29, 1.82) is 0 Å². The Bertz CT molecular complexity index is 554. The van der Waals surface area contributed by atoms with Crippen molar-refractivity contribution in [3.05, 3.63) is 0 Å². The first-order valence-electron chi connectivity index (χ1n) is 6.47. The molecule has 0 amide bonds. The van der Waals surface area contributed by atoms with E-state index in [4.69, 9.17) is 0 Å². The molecule has 0 rings (SSSR count). The average Bonchev–Trinajstić information content (AvgIpc) is 2.43. The van der Waals surface area contributed by atoms with Gasteiger partial charge in [0.1, 0.15) is 0 Å². The zero-order valence-electron chi connectivity index (χ0n) is 13.7. The molecule has 1 atom stereocenters. The van der Waals surface area contributed by atoms with Gasteiger partial charge >= 0.3 is 41.8 Å². The summed E-state index contributed by atoms with van der Waals surface area (Å²) >= 11 is 0. The lowest BCUT2D eigenvalue weighted by atomic mass is 9.90. The molecule has 0 N–H and O–H groups in total. The topological polar surface area (TPSA) is 3.24 Å². The Hall–Kier alpha value is -0.870. The molecule has 0 spiro atoms. The maximum atomic E-state index is 13.3. The lowest BCUT2D eigenvalue weighted by Gasteiger charge is -2.42. The van der Waals surface area contributed by atoms with Crippen LogP contribution in [0.15, 0.2) is 0 Å². The van der Waals surface area contributed by atoms with Gasteiger partial charge in [0.15, 0.2) is 6.17 Å². The van der Waals surface area contributed by atoms with Crippen molar-refractivity contribution in [3.63, 3.8) is 0 Å². The Balaban J connectivity index is 0. The summed E-state index contributed by atoms with van der Waals surface area (Å²) in [7, 11) is -0.203. The van der Waals surface area contributed by atoms with Crippen LogP contribution in [0.4, 0.5) is 70.2 Å². The van der Waals surface area contributed by atoms with Crippen LogP contribution in [0.5, 0.6) is 0 Å². The van der Waals surface area contributed by atoms with Gasteiger partial charge < -0.3 is 0 Å². The van der Waals surface area contributed by atoms with Gasteiger partial charge in [-0.1, -0.05) is 0 Å². The number of hydrogen-bond acceptors (Lipinski definition) is 1. The molecule has 29 heavy (non-hydrogen) atoms. The van der Waals surface area contributed by atoms with Crippen LogP contribution in [0.1, 0.15) is 6.42 Å². The first-order valence-corrected chi connectivity index (χ1v) is 6.47. The Labute approximate surface area is 157 Å². The van der Waals surface area contributed by atoms with E-state index in [1.54, 1.807) is 0 Å². The quantitative estimate of drug-likeness (QED) is 0.294. The second kappa shape index (κ2) is 8.00. The summed E-state index contributed by atoms with van der Waals surface area (Å²) in [5.74, 6) is -38.8. The molecular weight excluding hydrogens is 486 g/mol. The van der Waals surface area contributed by atoms with Gasteiger partial charge in [0.25, 0.3) is 0 Å². The van der Waals surface area contributed by atoms with Gasteiger partial charge in [-0.05, 0) is 14.1 Å². The SMILES string of the molecule is CN(C)C(F)(F)C(F)(F)C(F)(F)C(F)(F)C(F)(F)C(F)(F)C(F)CC(F)(F)F.Cl. The monoisotopic (exact) mass is 495 g/mol. The standard InChI is InChI=1S/C11H9F16N.ClH/c1-28(2)11(26,27)10(24,25)9(22,23)8(20,21)7(18,19)6(16,17)4(12)3-5(13,14)15;/h4H,3H2,1-2H3;1H. The Morgan fingerprint density at radius 3 is 1.17 bits per heavy atom. The predicted octanol–water partition coefficient (Wildman–Crippen LogP) is 6.03. The Kier molecular flexibility index (Phi) is 8.36. The molecule has 0 aliphatic carbocycles. The third kappa shape index (κ3) is 4.58. The number of halogens is 17. The molecule has 0 bridgehead atoms. The van der Waals surface area contributed by atoms with Crippen molar-refractivity contribution in [1.82, 2.24) is 4.90 Å². The molecule has 178 valence electrons. The van der Waals surface area contributed by atoms with Gasteiger partial charge in [-0.15, -0.1) is 12.4 Å². The van der Waals surface area contributed by atoms with E-state index < -0.39 is 59.3 Å². The van der Waals surface area contributed by atoms with Crippen LogP contribution in [0, 0.1) is 0 Å². The minimum absolute atomic E-state index is 0. The van der Waals surface area contributed by atoms with Crippen LogP contribution >= 0.6 is 12.4 Å². The summed E-state index contributed by atoms with van der Waals surface area (Å²) in [4.78, 5) is -1.14. The molecule has 0 radical (unpaired) electrons. The fourth-order valence-corrected chi connectivity index (χ4v) is 1.60. The molecule has 18 heteroatoms. The summed E-state index contributed by atoms with van der Waals surface area (Å²) in [5.41, 5.74) is 0. The van der Waals surface area contributed by atoms with E-state index in [9.17, 15) is 70.2 Å². The van der Waals surface area contributed by atoms with Crippen molar-refractivity contribution in [2.45, 2.75) is 54.4 Å². The molecule has 0 aliphatic heterocycles. The van der Waals surface area contributed by atoms with Crippen molar-refractivity contribution in [2.75, 3.05) is 14.1 Å². The number of nitrogens with zero attached hydrogens (tertiary/aromatic N) is 1. The molecule has 0 saturated carbocycles. The zero-order valence-corrected chi connectivity index (χ0v) is 14.5. The van der Waals surface area contributed by atoms with E-state index >= 15 is 0 Å². The van der Waals surface area contributed by atoms with Gasteiger partial charge in [0.05, 0.1) is 6.42 Å². The lowest BCUT2D eigenvalue weighted by molar-refractivity contribution is -0.441. The van der Waals surface area contributed by atoms with Crippen LogP contribution in [-0.4, -0.2) is 67.0 Å². The largest absolute Gasteiger partial charge is 0.392 e.